The minimum atomic E-state index is -0.326. The van der Waals surface area contributed by atoms with Gasteiger partial charge in [0.15, 0.2) is 0 Å². The van der Waals surface area contributed by atoms with Crippen LogP contribution in [-0.4, -0.2) is 72.9 Å². The maximum absolute atomic E-state index is 12.3. The second-order valence-electron chi connectivity index (χ2n) is 7.07. The fourth-order valence-electron chi connectivity index (χ4n) is 2.66. The Balaban J connectivity index is 1.76. The minimum absolute atomic E-state index is 0.0710. The highest BCUT2D eigenvalue weighted by atomic mass is 16.5. The largest absolute Gasteiger partial charge is 0.391 e. The van der Waals surface area contributed by atoms with Gasteiger partial charge < -0.3 is 14.7 Å². The van der Waals surface area contributed by atoms with E-state index in [0.717, 1.165) is 32.6 Å². The molecule has 2 heterocycles. The number of piperazine rings is 1. The van der Waals surface area contributed by atoms with E-state index in [9.17, 15) is 9.90 Å². The molecule has 0 spiro atoms. The number of amides is 1. The van der Waals surface area contributed by atoms with Gasteiger partial charge in [-0.25, -0.2) is 0 Å². The molecule has 20 heavy (non-hydrogen) atoms. The van der Waals surface area contributed by atoms with Gasteiger partial charge in [-0.1, -0.05) is 20.8 Å². The molecular formula is C15H28N2O3. The summed E-state index contributed by atoms with van der Waals surface area (Å²) < 4.78 is 5.29. The molecule has 0 radical (unpaired) electrons. The molecule has 5 heteroatoms. The summed E-state index contributed by atoms with van der Waals surface area (Å²) in [6.45, 7) is 11.4. The molecule has 2 fully saturated rings. The Kier molecular flexibility index (Phi) is 5.04. The fourth-order valence-corrected chi connectivity index (χ4v) is 2.66. The molecule has 0 aliphatic carbocycles. The molecule has 0 aromatic rings. The van der Waals surface area contributed by atoms with Gasteiger partial charge in [0.25, 0.3) is 0 Å². The van der Waals surface area contributed by atoms with Crippen molar-refractivity contribution < 1.29 is 14.6 Å². The molecule has 0 bridgehead atoms. The van der Waals surface area contributed by atoms with Gasteiger partial charge in [0.05, 0.1) is 18.6 Å². The number of nitrogens with zero attached hydrogens (tertiary/aromatic N) is 2. The molecule has 0 saturated carbocycles. The van der Waals surface area contributed by atoms with Gasteiger partial charge in [-0.15, -0.1) is 0 Å². The van der Waals surface area contributed by atoms with E-state index in [4.69, 9.17) is 4.74 Å². The van der Waals surface area contributed by atoms with Crippen LogP contribution >= 0.6 is 0 Å². The molecule has 0 aromatic carbocycles. The molecule has 2 rings (SSSR count). The summed E-state index contributed by atoms with van der Waals surface area (Å²) in [5.41, 5.74) is -0.0891. The van der Waals surface area contributed by atoms with Crippen LogP contribution in [0.5, 0.6) is 0 Å². The predicted octanol–water partition coefficient (Wildman–Crippen LogP) is 0.574. The summed E-state index contributed by atoms with van der Waals surface area (Å²) in [7, 11) is 0. The molecule has 5 nitrogen and oxygen atoms in total. The lowest BCUT2D eigenvalue weighted by atomic mass is 9.89. The van der Waals surface area contributed by atoms with Crippen LogP contribution in [0.1, 0.15) is 27.2 Å². The zero-order valence-electron chi connectivity index (χ0n) is 13.0. The lowest BCUT2D eigenvalue weighted by molar-refractivity contribution is -0.137. The van der Waals surface area contributed by atoms with Gasteiger partial charge in [-0.3, -0.25) is 9.69 Å². The summed E-state index contributed by atoms with van der Waals surface area (Å²) in [5.74, 6) is 0.320. The first-order valence-electron chi connectivity index (χ1n) is 7.65. The average molecular weight is 284 g/mol. The Hall–Kier alpha value is -0.650. The highest BCUT2D eigenvalue weighted by Crippen LogP contribution is 2.21. The van der Waals surface area contributed by atoms with E-state index in [1.807, 2.05) is 4.90 Å². The van der Waals surface area contributed by atoms with Crippen molar-refractivity contribution in [1.29, 1.82) is 0 Å². The normalized spacial score (nSPS) is 26.8. The zero-order chi connectivity index (χ0) is 14.8. The number of ether oxygens (including phenoxy) is 1. The lowest BCUT2D eigenvalue weighted by Crippen LogP contribution is -2.52. The number of hydrogen-bond acceptors (Lipinski definition) is 4. The molecule has 2 aliphatic heterocycles. The van der Waals surface area contributed by atoms with Crippen LogP contribution in [0.2, 0.25) is 0 Å². The van der Waals surface area contributed by atoms with Crippen molar-refractivity contribution in [3.63, 3.8) is 0 Å². The number of β-amino-alcohol motifs (C(OH)–C–C–N with tert-alkyl or cyclic N) is 1. The van der Waals surface area contributed by atoms with Crippen molar-refractivity contribution in [2.45, 2.75) is 33.3 Å². The fraction of sp³-hybridized carbons (Fsp3) is 0.933. The summed E-state index contributed by atoms with van der Waals surface area (Å²) in [5, 5.41) is 10.1. The van der Waals surface area contributed by atoms with E-state index < -0.39 is 0 Å². The van der Waals surface area contributed by atoms with E-state index in [0.29, 0.717) is 19.8 Å². The topological polar surface area (TPSA) is 53.0 Å². The predicted molar refractivity (Wildman–Crippen MR) is 77.4 cm³/mol. The van der Waals surface area contributed by atoms with Crippen molar-refractivity contribution in [2.75, 3.05) is 45.9 Å². The molecule has 2 aliphatic rings. The van der Waals surface area contributed by atoms with E-state index in [1.165, 1.54) is 0 Å². The average Bonchev–Trinajstić information content (AvgIpc) is 2.91. The van der Waals surface area contributed by atoms with Gasteiger partial charge in [-0.05, 0) is 11.8 Å². The van der Waals surface area contributed by atoms with Gasteiger partial charge >= 0.3 is 0 Å². The van der Waals surface area contributed by atoms with Crippen LogP contribution in [0.4, 0.5) is 0 Å². The SMILES string of the molecule is CC(C)(C)[C@H](O)CN1CCN(C(=O)[C@@H]2CCOC2)CC1. The first-order valence-corrected chi connectivity index (χ1v) is 7.65. The molecule has 2 atom stereocenters. The number of aliphatic hydroxyl groups is 1. The number of carbonyl (C=O) groups excluding carboxylic acids is 1. The highest BCUT2D eigenvalue weighted by molar-refractivity contribution is 5.79. The van der Waals surface area contributed by atoms with Crippen LogP contribution in [0.25, 0.3) is 0 Å². The summed E-state index contributed by atoms with van der Waals surface area (Å²) >= 11 is 0. The van der Waals surface area contributed by atoms with Crippen LogP contribution in [0.3, 0.4) is 0 Å². The van der Waals surface area contributed by atoms with Crippen LogP contribution in [0.15, 0.2) is 0 Å². The maximum Gasteiger partial charge on any atom is 0.228 e. The highest BCUT2D eigenvalue weighted by Gasteiger charge is 2.31. The van der Waals surface area contributed by atoms with Crippen LogP contribution in [-0.2, 0) is 9.53 Å². The molecule has 116 valence electrons. The third-order valence-electron chi connectivity index (χ3n) is 4.39. The van der Waals surface area contributed by atoms with Crippen molar-refractivity contribution in [1.82, 2.24) is 9.80 Å². The van der Waals surface area contributed by atoms with Crippen molar-refractivity contribution in [3.05, 3.63) is 0 Å². The Bertz CT molecular complexity index is 327. The number of rotatable bonds is 3. The van der Waals surface area contributed by atoms with Crippen LogP contribution < -0.4 is 0 Å². The molecular weight excluding hydrogens is 256 g/mol. The summed E-state index contributed by atoms with van der Waals surface area (Å²) in [6, 6.07) is 0. The molecule has 0 unspecified atom stereocenters. The Morgan fingerprint density at radius 2 is 1.95 bits per heavy atom. The van der Waals surface area contributed by atoms with E-state index in [2.05, 4.69) is 25.7 Å². The van der Waals surface area contributed by atoms with Gasteiger partial charge in [0.2, 0.25) is 5.91 Å². The minimum Gasteiger partial charge on any atom is -0.391 e. The number of aliphatic hydroxyl groups excluding tert-OH is 1. The third kappa shape index (κ3) is 3.93. The van der Waals surface area contributed by atoms with E-state index >= 15 is 0 Å². The first-order chi connectivity index (χ1) is 9.38. The molecule has 2 saturated heterocycles. The van der Waals surface area contributed by atoms with E-state index in [1.54, 1.807) is 0 Å². The van der Waals surface area contributed by atoms with Gasteiger partial charge in [0.1, 0.15) is 0 Å². The second kappa shape index (κ2) is 6.41. The summed E-state index contributed by atoms with van der Waals surface area (Å²) in [6.07, 6.45) is 0.537. The third-order valence-corrected chi connectivity index (χ3v) is 4.39. The molecule has 1 N–H and O–H groups in total. The van der Waals surface area contributed by atoms with Crippen molar-refractivity contribution in [2.24, 2.45) is 11.3 Å². The van der Waals surface area contributed by atoms with E-state index in [-0.39, 0.29) is 23.3 Å². The van der Waals surface area contributed by atoms with Crippen LogP contribution in [0, 0.1) is 11.3 Å². The van der Waals surface area contributed by atoms with Crippen molar-refractivity contribution >= 4 is 5.91 Å². The summed E-state index contributed by atoms with van der Waals surface area (Å²) in [4.78, 5) is 16.5. The Morgan fingerprint density at radius 3 is 2.45 bits per heavy atom. The monoisotopic (exact) mass is 284 g/mol. The smallest absolute Gasteiger partial charge is 0.228 e. The van der Waals surface area contributed by atoms with Crippen molar-refractivity contribution in [3.8, 4) is 0 Å². The standard InChI is InChI=1S/C15H28N2O3/c1-15(2,3)13(18)10-16-5-7-17(8-6-16)14(19)12-4-9-20-11-12/h12-13,18H,4-11H2,1-3H3/t12-,13-/m1/s1. The zero-order valence-corrected chi connectivity index (χ0v) is 13.0. The quantitative estimate of drug-likeness (QED) is 0.823. The molecule has 0 aromatic heterocycles. The lowest BCUT2D eigenvalue weighted by Gasteiger charge is -2.38. The molecule has 1 amide bonds. The Labute approximate surface area is 121 Å². The number of carbonyl (C=O) groups is 1. The second-order valence-corrected chi connectivity index (χ2v) is 7.07. The Morgan fingerprint density at radius 1 is 1.30 bits per heavy atom. The first kappa shape index (κ1) is 15.7. The van der Waals surface area contributed by atoms with Gasteiger partial charge in [0, 0.05) is 39.3 Å². The number of hydrogen-bond donors (Lipinski definition) is 1. The maximum atomic E-state index is 12.3. The van der Waals surface area contributed by atoms with Gasteiger partial charge in [-0.2, -0.15) is 0 Å².